The highest BCUT2D eigenvalue weighted by Crippen LogP contribution is 2.42. The van der Waals surface area contributed by atoms with Crippen molar-refractivity contribution >= 4 is 11.9 Å². The van der Waals surface area contributed by atoms with Crippen molar-refractivity contribution in [1.82, 2.24) is 14.4 Å². The summed E-state index contributed by atoms with van der Waals surface area (Å²) in [6, 6.07) is 1.81. The van der Waals surface area contributed by atoms with Gasteiger partial charge in [0.1, 0.15) is 11.0 Å². The van der Waals surface area contributed by atoms with Gasteiger partial charge in [-0.25, -0.2) is 0 Å². The van der Waals surface area contributed by atoms with Crippen molar-refractivity contribution in [3.05, 3.63) is 33.2 Å². The van der Waals surface area contributed by atoms with Gasteiger partial charge in [0.15, 0.2) is 0 Å². The molecule has 0 radical (unpaired) electrons. The van der Waals surface area contributed by atoms with Gasteiger partial charge >= 0.3 is 5.97 Å². The lowest BCUT2D eigenvalue weighted by atomic mass is 9.81. The van der Waals surface area contributed by atoms with Gasteiger partial charge < -0.3 is 19.5 Å². The highest BCUT2D eigenvalue weighted by molar-refractivity contribution is 5.96. The van der Waals surface area contributed by atoms with Gasteiger partial charge in [-0.1, -0.05) is 0 Å². The van der Waals surface area contributed by atoms with E-state index in [1.165, 1.54) is 4.57 Å². The Morgan fingerprint density at radius 2 is 1.88 bits per heavy atom. The fourth-order valence-corrected chi connectivity index (χ4v) is 4.17. The third-order valence-electron chi connectivity index (χ3n) is 5.57. The van der Waals surface area contributed by atoms with E-state index in [1.54, 1.807) is 18.9 Å². The summed E-state index contributed by atoms with van der Waals surface area (Å²) in [5, 5.41) is 9.72. The van der Waals surface area contributed by atoms with Gasteiger partial charge in [-0.15, -0.1) is 0 Å². The number of likely N-dealkylation sites (tertiary alicyclic amines) is 2. The number of rotatable bonds is 2. The zero-order valence-electron chi connectivity index (χ0n) is 14.5. The Balaban J connectivity index is 1.96. The van der Waals surface area contributed by atoms with Gasteiger partial charge in [0.2, 0.25) is 0 Å². The molecule has 1 aromatic heterocycles. The maximum Gasteiger partial charge on any atom is 0.313 e. The molecule has 0 spiro atoms. The molecule has 0 unspecified atom stereocenters. The maximum absolute atomic E-state index is 12.9. The number of hydrogen-bond donors (Lipinski definition) is 1. The van der Waals surface area contributed by atoms with Gasteiger partial charge in [0.05, 0.1) is 0 Å². The Bertz CT molecular complexity index is 785. The predicted octanol–water partition coefficient (Wildman–Crippen LogP) is 0.0905. The first-order valence-electron chi connectivity index (χ1n) is 8.06. The van der Waals surface area contributed by atoms with E-state index >= 15 is 0 Å². The summed E-state index contributed by atoms with van der Waals surface area (Å²) in [5.74, 6) is -1.31. The standard InChI is InChI=1S/C17H23N3O4/c1-10-5-11(2)19(4)14(21)13(10)15(22)20-7-12-6-18(3)8-17(12,9-20)16(23)24/h5,12H,6-9H2,1-4H3,(H,23,24)/t12-,17-/m0/s1. The van der Waals surface area contributed by atoms with Gasteiger partial charge in [-0.3, -0.25) is 14.4 Å². The van der Waals surface area contributed by atoms with Crippen LogP contribution in [0.1, 0.15) is 21.6 Å². The Hall–Kier alpha value is -2.15. The van der Waals surface area contributed by atoms with Crippen LogP contribution in [0.2, 0.25) is 0 Å². The van der Waals surface area contributed by atoms with Crippen LogP contribution >= 0.6 is 0 Å². The average molecular weight is 333 g/mol. The van der Waals surface area contributed by atoms with E-state index in [9.17, 15) is 19.5 Å². The molecule has 7 nitrogen and oxygen atoms in total. The van der Waals surface area contributed by atoms with Crippen LogP contribution in [-0.2, 0) is 11.8 Å². The predicted molar refractivity (Wildman–Crippen MR) is 88.1 cm³/mol. The van der Waals surface area contributed by atoms with Crippen molar-refractivity contribution in [3.63, 3.8) is 0 Å². The molecule has 3 rings (SSSR count). The number of pyridine rings is 1. The quantitative estimate of drug-likeness (QED) is 0.829. The van der Waals surface area contributed by atoms with Gasteiger partial charge in [-0.2, -0.15) is 0 Å². The van der Waals surface area contributed by atoms with Crippen LogP contribution in [-0.4, -0.2) is 64.6 Å². The van der Waals surface area contributed by atoms with E-state index < -0.39 is 11.4 Å². The van der Waals surface area contributed by atoms with Crippen LogP contribution in [0.4, 0.5) is 0 Å². The third-order valence-corrected chi connectivity index (χ3v) is 5.57. The second-order valence-corrected chi connectivity index (χ2v) is 7.25. The van der Waals surface area contributed by atoms with Crippen LogP contribution in [0.3, 0.4) is 0 Å². The summed E-state index contributed by atoms with van der Waals surface area (Å²) >= 11 is 0. The Morgan fingerprint density at radius 3 is 2.46 bits per heavy atom. The maximum atomic E-state index is 12.9. The van der Waals surface area contributed by atoms with E-state index in [4.69, 9.17) is 0 Å². The first-order chi connectivity index (χ1) is 11.2. The Kier molecular flexibility index (Phi) is 3.79. The topological polar surface area (TPSA) is 82.9 Å². The Labute approximate surface area is 140 Å². The van der Waals surface area contributed by atoms with Crippen molar-refractivity contribution in [2.45, 2.75) is 13.8 Å². The van der Waals surface area contributed by atoms with Gasteiger partial charge in [0, 0.05) is 44.8 Å². The van der Waals surface area contributed by atoms with Crippen LogP contribution in [0, 0.1) is 25.2 Å². The first-order valence-corrected chi connectivity index (χ1v) is 8.06. The van der Waals surface area contributed by atoms with E-state index in [2.05, 4.69) is 0 Å². The van der Waals surface area contributed by atoms with E-state index in [0.29, 0.717) is 25.2 Å². The molecule has 3 heterocycles. The van der Waals surface area contributed by atoms with Crippen LogP contribution in [0.15, 0.2) is 10.9 Å². The number of aryl methyl sites for hydroxylation is 2. The molecule has 130 valence electrons. The normalized spacial score (nSPS) is 26.7. The van der Waals surface area contributed by atoms with E-state index in [0.717, 1.165) is 5.69 Å². The average Bonchev–Trinajstić information content (AvgIpc) is 2.98. The van der Waals surface area contributed by atoms with Crippen molar-refractivity contribution in [1.29, 1.82) is 0 Å². The molecule has 0 saturated carbocycles. The number of hydrogen-bond acceptors (Lipinski definition) is 4. The minimum atomic E-state index is -0.922. The van der Waals surface area contributed by atoms with E-state index in [-0.39, 0.29) is 29.5 Å². The number of carboxylic acid groups (broad SMARTS) is 1. The van der Waals surface area contributed by atoms with E-state index in [1.807, 2.05) is 24.9 Å². The minimum Gasteiger partial charge on any atom is -0.481 e. The number of carbonyl (C=O) groups is 2. The molecule has 0 aromatic carbocycles. The molecule has 2 saturated heterocycles. The van der Waals surface area contributed by atoms with Crippen LogP contribution < -0.4 is 5.56 Å². The van der Waals surface area contributed by atoms with Crippen molar-refractivity contribution in [2.24, 2.45) is 18.4 Å². The number of nitrogens with zero attached hydrogens (tertiary/aromatic N) is 3. The molecule has 2 aliphatic heterocycles. The van der Waals surface area contributed by atoms with Crippen molar-refractivity contribution in [2.75, 3.05) is 33.2 Å². The number of fused-ring (bicyclic) bond motifs is 1. The number of carbonyl (C=O) groups excluding carboxylic acids is 1. The molecule has 1 aromatic rings. The second kappa shape index (κ2) is 5.44. The summed E-state index contributed by atoms with van der Waals surface area (Å²) in [7, 11) is 3.54. The monoisotopic (exact) mass is 333 g/mol. The number of aliphatic carboxylic acids is 1. The molecule has 2 aliphatic rings. The highest BCUT2D eigenvalue weighted by Gasteiger charge is 2.58. The summed E-state index contributed by atoms with van der Waals surface area (Å²) in [5.41, 5.74) is 0.331. The summed E-state index contributed by atoms with van der Waals surface area (Å²) in [6.45, 7) is 5.19. The lowest BCUT2D eigenvalue weighted by molar-refractivity contribution is -0.148. The smallest absolute Gasteiger partial charge is 0.313 e. The second-order valence-electron chi connectivity index (χ2n) is 7.25. The molecule has 2 atom stereocenters. The molecule has 1 N–H and O–H groups in total. The molecule has 0 bridgehead atoms. The van der Waals surface area contributed by atoms with Gasteiger partial charge in [0.25, 0.3) is 11.5 Å². The first kappa shape index (κ1) is 16.7. The molecule has 0 aliphatic carbocycles. The lowest BCUT2D eigenvalue weighted by Crippen LogP contribution is -2.42. The molecular formula is C17H23N3O4. The zero-order valence-corrected chi connectivity index (χ0v) is 14.5. The molecule has 1 amide bonds. The van der Waals surface area contributed by atoms with Crippen molar-refractivity contribution in [3.8, 4) is 0 Å². The number of aromatic nitrogens is 1. The largest absolute Gasteiger partial charge is 0.481 e. The zero-order chi connectivity index (χ0) is 17.8. The summed E-state index contributed by atoms with van der Waals surface area (Å²) in [6.07, 6.45) is 0. The molecule has 24 heavy (non-hydrogen) atoms. The number of carboxylic acids is 1. The highest BCUT2D eigenvalue weighted by atomic mass is 16.4. The minimum absolute atomic E-state index is 0.0986. The van der Waals surface area contributed by atoms with Gasteiger partial charge in [-0.05, 0) is 32.5 Å². The summed E-state index contributed by atoms with van der Waals surface area (Å²) < 4.78 is 1.46. The molecule has 2 fully saturated rings. The van der Waals surface area contributed by atoms with Crippen LogP contribution in [0.5, 0.6) is 0 Å². The third kappa shape index (κ3) is 2.26. The SMILES string of the molecule is Cc1cc(C)n(C)c(=O)c1C(=O)N1C[C@@H]2CN(C)C[C@]2(C(=O)O)C1. The lowest BCUT2D eigenvalue weighted by Gasteiger charge is -2.24. The van der Waals surface area contributed by atoms with Crippen molar-refractivity contribution < 1.29 is 14.7 Å². The Morgan fingerprint density at radius 1 is 1.21 bits per heavy atom. The number of amides is 1. The fourth-order valence-electron chi connectivity index (χ4n) is 4.17. The van der Waals surface area contributed by atoms with Crippen LogP contribution in [0.25, 0.3) is 0 Å². The fraction of sp³-hybridized carbons (Fsp3) is 0.588. The summed E-state index contributed by atoms with van der Waals surface area (Å²) in [4.78, 5) is 40.8. The molecular weight excluding hydrogens is 310 g/mol. The molecule has 7 heteroatoms.